The molecule has 1 aromatic carbocycles. The van der Waals surface area contributed by atoms with Crippen LogP contribution in [0.15, 0.2) is 18.2 Å². The maximum absolute atomic E-state index is 12.2. The third kappa shape index (κ3) is 6.37. The Morgan fingerprint density at radius 1 is 0.756 bits per heavy atom. The van der Waals surface area contributed by atoms with E-state index in [1.165, 1.54) is 28.4 Å². The fourth-order valence-corrected chi connectivity index (χ4v) is 5.06. The van der Waals surface area contributed by atoms with Crippen molar-refractivity contribution in [2.45, 2.75) is 45.4 Å². The number of nitrogens with one attached hydrogen (secondary N) is 2. The quantitative estimate of drug-likeness (QED) is 0.221. The predicted molar refractivity (Wildman–Crippen MR) is 146 cm³/mol. The first-order valence-electron chi connectivity index (χ1n) is 12.7. The Kier molecular flexibility index (Phi) is 9.82. The van der Waals surface area contributed by atoms with Crippen molar-refractivity contribution in [3.05, 3.63) is 68.8 Å². The number of methoxy groups -OCH3 is 4. The lowest BCUT2D eigenvalue weighted by molar-refractivity contribution is -0.141. The molecule has 2 aromatic heterocycles. The van der Waals surface area contributed by atoms with Gasteiger partial charge >= 0.3 is 23.9 Å². The average Bonchev–Trinajstić information content (AvgIpc) is 3.46. The van der Waals surface area contributed by atoms with E-state index in [9.17, 15) is 29.4 Å². The van der Waals surface area contributed by atoms with Crippen molar-refractivity contribution >= 4 is 23.9 Å². The van der Waals surface area contributed by atoms with E-state index in [2.05, 4.69) is 9.97 Å². The van der Waals surface area contributed by atoms with Crippen LogP contribution in [-0.4, -0.2) is 72.5 Å². The van der Waals surface area contributed by atoms with Gasteiger partial charge in [0.25, 0.3) is 0 Å². The Bertz CT molecular complexity index is 1380. The minimum Gasteiger partial charge on any atom is -0.497 e. The molecule has 3 aromatic rings. The Morgan fingerprint density at radius 3 is 1.59 bits per heavy atom. The Labute approximate surface area is 236 Å². The van der Waals surface area contributed by atoms with Gasteiger partial charge in [-0.15, -0.1) is 0 Å². The van der Waals surface area contributed by atoms with Crippen LogP contribution in [0, 0.1) is 13.8 Å². The number of hydrogen-bond donors (Lipinski definition) is 4. The van der Waals surface area contributed by atoms with Gasteiger partial charge in [-0.1, -0.05) is 0 Å². The Hall–Kier alpha value is -4.74. The molecule has 0 atom stereocenters. The fraction of sp³-hybridized carbons (Fsp3) is 0.379. The summed E-state index contributed by atoms with van der Waals surface area (Å²) < 4.78 is 20.8. The number of esters is 2. The number of carboxylic acid groups (broad SMARTS) is 2. The van der Waals surface area contributed by atoms with E-state index in [1.54, 1.807) is 32.0 Å². The van der Waals surface area contributed by atoms with E-state index in [1.807, 2.05) is 0 Å². The Morgan fingerprint density at radius 2 is 1.22 bits per heavy atom. The van der Waals surface area contributed by atoms with Gasteiger partial charge in [-0.2, -0.15) is 0 Å². The molecule has 0 unspecified atom stereocenters. The summed E-state index contributed by atoms with van der Waals surface area (Å²) in [7, 11) is 5.50. The summed E-state index contributed by atoms with van der Waals surface area (Å²) in [5.74, 6) is -3.33. The van der Waals surface area contributed by atoms with Crippen molar-refractivity contribution < 1.29 is 48.3 Å². The van der Waals surface area contributed by atoms with Crippen LogP contribution in [0.4, 0.5) is 0 Å². The van der Waals surface area contributed by atoms with E-state index in [0.717, 1.165) is 0 Å². The summed E-state index contributed by atoms with van der Waals surface area (Å²) in [6.45, 7) is 3.27. The maximum atomic E-state index is 12.2. The zero-order valence-corrected chi connectivity index (χ0v) is 23.8. The summed E-state index contributed by atoms with van der Waals surface area (Å²) in [4.78, 5) is 54.7. The van der Waals surface area contributed by atoms with Crippen LogP contribution in [-0.2, 0) is 31.9 Å². The van der Waals surface area contributed by atoms with Crippen LogP contribution >= 0.6 is 0 Å². The van der Waals surface area contributed by atoms with Crippen molar-refractivity contribution in [3.63, 3.8) is 0 Å². The molecule has 0 saturated heterocycles. The lowest BCUT2D eigenvalue weighted by Crippen LogP contribution is -2.13. The van der Waals surface area contributed by atoms with E-state index in [-0.39, 0.29) is 37.1 Å². The van der Waals surface area contributed by atoms with Gasteiger partial charge in [0.1, 0.15) is 22.9 Å². The molecule has 0 aliphatic heterocycles. The molecule has 0 aliphatic carbocycles. The molecular formula is C29H34N2O10. The molecule has 0 aliphatic rings. The van der Waals surface area contributed by atoms with Crippen LogP contribution in [0.25, 0.3) is 0 Å². The molecule has 4 N–H and O–H groups in total. The SMILES string of the molecule is COC(=O)CCc1c(C(c2cc(OC)ccc2OC)c2[nH]c(C(=O)O)c(C)c2CCC(=O)OC)[nH]c(C(=O)O)c1C. The predicted octanol–water partition coefficient (Wildman–Crippen LogP) is 3.76. The fourth-order valence-electron chi connectivity index (χ4n) is 5.06. The minimum absolute atomic E-state index is 0.0253. The first kappa shape index (κ1) is 30.8. The number of ether oxygens (including phenoxy) is 4. The second-order valence-electron chi connectivity index (χ2n) is 9.34. The molecule has 0 saturated carbocycles. The lowest BCUT2D eigenvalue weighted by Gasteiger charge is -2.23. The topological polar surface area (TPSA) is 177 Å². The van der Waals surface area contributed by atoms with E-state index < -0.39 is 29.8 Å². The standard InChI is InChI=1S/C29H34N2O10/c1-14-17(8-11-21(32)40-5)26(30-24(14)28(34)35)23(19-13-16(38-3)7-10-20(19)39-4)27-18(9-12-22(33)41-6)15(2)25(31-27)29(36)37/h7,10,13,23,30-31H,8-9,11-12H2,1-6H3,(H,34,35)(H,36,37). The lowest BCUT2D eigenvalue weighted by atomic mass is 9.84. The highest BCUT2D eigenvalue weighted by Crippen LogP contribution is 2.43. The monoisotopic (exact) mass is 570 g/mol. The van der Waals surface area contributed by atoms with Crippen molar-refractivity contribution in [3.8, 4) is 11.5 Å². The van der Waals surface area contributed by atoms with E-state index >= 15 is 0 Å². The molecule has 12 heteroatoms. The Balaban J connectivity index is 2.44. The number of carbonyl (C=O) groups excluding carboxylic acids is 2. The van der Waals surface area contributed by atoms with Crippen molar-refractivity contribution in [2.75, 3.05) is 28.4 Å². The zero-order chi connectivity index (χ0) is 30.4. The second kappa shape index (κ2) is 13.1. The first-order chi connectivity index (χ1) is 19.5. The van der Waals surface area contributed by atoms with Crippen LogP contribution in [0.1, 0.15) is 78.9 Å². The molecule has 2 heterocycles. The van der Waals surface area contributed by atoms with Gasteiger partial charge < -0.3 is 39.1 Å². The van der Waals surface area contributed by atoms with Gasteiger partial charge in [0.2, 0.25) is 0 Å². The van der Waals surface area contributed by atoms with Crippen LogP contribution in [0.2, 0.25) is 0 Å². The van der Waals surface area contributed by atoms with Crippen LogP contribution < -0.4 is 9.47 Å². The van der Waals surface area contributed by atoms with Gasteiger partial charge in [0.05, 0.1) is 34.4 Å². The zero-order valence-electron chi connectivity index (χ0n) is 23.8. The minimum atomic E-state index is -1.20. The normalized spacial score (nSPS) is 10.9. The smallest absolute Gasteiger partial charge is 0.352 e. The van der Waals surface area contributed by atoms with E-state index in [0.29, 0.717) is 50.7 Å². The number of aromatic carboxylic acids is 2. The number of aromatic amines is 2. The average molecular weight is 571 g/mol. The molecule has 12 nitrogen and oxygen atoms in total. The number of rotatable bonds is 13. The van der Waals surface area contributed by atoms with Crippen molar-refractivity contribution in [1.29, 1.82) is 0 Å². The van der Waals surface area contributed by atoms with E-state index in [4.69, 9.17) is 18.9 Å². The van der Waals surface area contributed by atoms with Gasteiger partial charge in [-0.3, -0.25) is 9.59 Å². The van der Waals surface area contributed by atoms with Gasteiger partial charge in [0, 0.05) is 29.8 Å². The highest BCUT2D eigenvalue weighted by Gasteiger charge is 2.34. The number of benzene rings is 1. The third-order valence-corrected chi connectivity index (χ3v) is 7.19. The third-order valence-electron chi connectivity index (χ3n) is 7.19. The van der Waals surface area contributed by atoms with Crippen molar-refractivity contribution in [2.24, 2.45) is 0 Å². The summed E-state index contributed by atoms with van der Waals surface area (Å²) in [6.07, 6.45) is 0.234. The van der Waals surface area contributed by atoms with Crippen LogP contribution in [0.5, 0.6) is 11.5 Å². The van der Waals surface area contributed by atoms with Gasteiger partial charge in [-0.25, -0.2) is 9.59 Å². The summed E-state index contributed by atoms with van der Waals surface area (Å²) in [5, 5.41) is 20.0. The highest BCUT2D eigenvalue weighted by molar-refractivity contribution is 5.89. The molecular weight excluding hydrogens is 536 g/mol. The molecule has 0 amide bonds. The molecule has 0 radical (unpaired) electrons. The number of H-pyrrole nitrogens is 2. The largest absolute Gasteiger partial charge is 0.497 e. The summed E-state index contributed by atoms with van der Waals surface area (Å²) in [6, 6.07) is 5.09. The summed E-state index contributed by atoms with van der Waals surface area (Å²) >= 11 is 0. The molecule has 3 rings (SSSR count). The van der Waals surface area contributed by atoms with Gasteiger partial charge in [0.15, 0.2) is 0 Å². The first-order valence-corrected chi connectivity index (χ1v) is 12.7. The number of carboxylic acids is 2. The van der Waals surface area contributed by atoms with Gasteiger partial charge in [-0.05, 0) is 67.1 Å². The van der Waals surface area contributed by atoms with Crippen molar-refractivity contribution in [1.82, 2.24) is 9.97 Å². The number of hydrogen-bond acceptors (Lipinski definition) is 8. The maximum Gasteiger partial charge on any atom is 0.352 e. The molecule has 41 heavy (non-hydrogen) atoms. The second-order valence-corrected chi connectivity index (χ2v) is 9.34. The molecule has 220 valence electrons. The number of carbonyl (C=O) groups is 4. The molecule has 0 spiro atoms. The summed E-state index contributed by atoms with van der Waals surface area (Å²) in [5.41, 5.74) is 3.12. The highest BCUT2D eigenvalue weighted by atomic mass is 16.5. The molecule has 0 fully saturated rings. The van der Waals surface area contributed by atoms with Crippen LogP contribution in [0.3, 0.4) is 0 Å². The number of aromatic nitrogens is 2. The molecule has 0 bridgehead atoms.